The van der Waals surface area contributed by atoms with E-state index in [0.717, 1.165) is 38.6 Å². The summed E-state index contributed by atoms with van der Waals surface area (Å²) in [7, 11) is 0. The molecule has 1 atom stereocenters. The van der Waals surface area contributed by atoms with Crippen molar-refractivity contribution in [1.82, 2.24) is 10.2 Å². The van der Waals surface area contributed by atoms with Gasteiger partial charge in [-0.3, -0.25) is 9.59 Å². The van der Waals surface area contributed by atoms with Gasteiger partial charge in [0.2, 0.25) is 11.7 Å². The van der Waals surface area contributed by atoms with Crippen LogP contribution in [0.15, 0.2) is 11.5 Å². The molecular weight excluding hydrogens is 296 g/mol. The number of hydrogen-bond acceptors (Lipinski definition) is 4. The van der Waals surface area contributed by atoms with Gasteiger partial charge in [0.1, 0.15) is 19.0 Å². The Labute approximate surface area is 137 Å². The summed E-state index contributed by atoms with van der Waals surface area (Å²) in [6.07, 6.45) is 5.70. The molecule has 0 aromatic rings. The van der Waals surface area contributed by atoms with Crippen molar-refractivity contribution in [2.75, 3.05) is 26.3 Å². The molecule has 6 heteroatoms. The number of carbonyl (C=O) groups excluding carboxylic acids is 2. The molecule has 2 heterocycles. The molecule has 0 aromatic carbocycles. The van der Waals surface area contributed by atoms with Crippen molar-refractivity contribution >= 4 is 11.8 Å². The number of nitrogens with one attached hydrogen (secondary N) is 1. The molecule has 23 heavy (non-hydrogen) atoms. The Balaban J connectivity index is 1.49. The topological polar surface area (TPSA) is 67.9 Å². The van der Waals surface area contributed by atoms with E-state index in [4.69, 9.17) is 9.47 Å². The first-order chi connectivity index (χ1) is 11.1. The van der Waals surface area contributed by atoms with Crippen LogP contribution in [0.5, 0.6) is 0 Å². The molecule has 0 spiro atoms. The minimum atomic E-state index is -0.0747. The number of ether oxygens (including phenoxy) is 2. The average molecular weight is 322 g/mol. The van der Waals surface area contributed by atoms with Crippen molar-refractivity contribution in [3.8, 4) is 0 Å². The Kier molecular flexibility index (Phi) is 5.08. The highest BCUT2D eigenvalue weighted by molar-refractivity contribution is 5.92. The van der Waals surface area contributed by atoms with Crippen LogP contribution in [-0.2, 0) is 19.1 Å². The van der Waals surface area contributed by atoms with E-state index in [9.17, 15) is 9.59 Å². The van der Waals surface area contributed by atoms with Gasteiger partial charge in [-0.25, -0.2) is 0 Å². The molecule has 2 amide bonds. The highest BCUT2D eigenvalue weighted by Gasteiger charge is 2.30. The lowest BCUT2D eigenvalue weighted by Crippen LogP contribution is -2.42. The molecule has 1 saturated carbocycles. The van der Waals surface area contributed by atoms with Crippen molar-refractivity contribution in [2.24, 2.45) is 5.92 Å². The quantitative estimate of drug-likeness (QED) is 0.834. The maximum Gasteiger partial charge on any atom is 0.292 e. The summed E-state index contributed by atoms with van der Waals surface area (Å²) in [5.41, 5.74) is 0. The summed E-state index contributed by atoms with van der Waals surface area (Å²) in [5.74, 6) is 1.39. The molecule has 0 aromatic heterocycles. The zero-order valence-corrected chi connectivity index (χ0v) is 13.8. The summed E-state index contributed by atoms with van der Waals surface area (Å²) in [5, 5.41) is 3.02. The molecule has 3 aliphatic rings. The second kappa shape index (κ2) is 7.23. The van der Waals surface area contributed by atoms with Gasteiger partial charge in [-0.2, -0.15) is 0 Å². The number of allylic oxidation sites excluding steroid dienone is 1. The highest BCUT2D eigenvalue weighted by Crippen LogP contribution is 2.25. The molecule has 0 bridgehead atoms. The molecule has 0 radical (unpaired) electrons. The minimum absolute atomic E-state index is 0.0747. The van der Waals surface area contributed by atoms with E-state index in [2.05, 4.69) is 5.32 Å². The van der Waals surface area contributed by atoms with Crippen LogP contribution in [0.1, 0.15) is 45.4 Å². The van der Waals surface area contributed by atoms with E-state index in [0.29, 0.717) is 49.7 Å². The second-order valence-corrected chi connectivity index (χ2v) is 6.72. The average Bonchev–Trinajstić information content (AvgIpc) is 3.37. The SMILES string of the molecule is CC1=C(C(=O)N2CCC[C@H](CCC(=O)NC3CC3)C2)OCCO1. The molecule has 128 valence electrons. The summed E-state index contributed by atoms with van der Waals surface area (Å²) < 4.78 is 10.9. The molecule has 3 rings (SSSR count). The Hall–Kier alpha value is -1.72. The molecule has 2 fully saturated rings. The standard InChI is InChI=1S/C17H26N2O4/c1-12-16(23-10-9-22-12)17(21)19-8-2-3-13(11-19)4-7-15(20)18-14-5-6-14/h13-14H,2-11H2,1H3,(H,18,20)/t13-/m1/s1. The number of rotatable bonds is 5. The van der Waals surface area contributed by atoms with Crippen LogP contribution in [0, 0.1) is 5.92 Å². The minimum Gasteiger partial charge on any atom is -0.491 e. The normalized spacial score (nSPS) is 24.7. The van der Waals surface area contributed by atoms with Crippen LogP contribution in [0.3, 0.4) is 0 Å². The lowest BCUT2D eigenvalue weighted by molar-refractivity contribution is -0.134. The van der Waals surface area contributed by atoms with Gasteiger partial charge in [0.15, 0.2) is 0 Å². The number of carbonyl (C=O) groups is 2. The van der Waals surface area contributed by atoms with Gasteiger partial charge < -0.3 is 19.7 Å². The summed E-state index contributed by atoms with van der Waals surface area (Å²) in [6, 6.07) is 0.422. The maximum absolute atomic E-state index is 12.6. The van der Waals surface area contributed by atoms with E-state index in [-0.39, 0.29) is 11.8 Å². The molecule has 1 saturated heterocycles. The van der Waals surface area contributed by atoms with Gasteiger partial charge in [0.05, 0.1) is 0 Å². The van der Waals surface area contributed by atoms with E-state index in [1.807, 2.05) is 4.90 Å². The van der Waals surface area contributed by atoms with Crippen LogP contribution in [0.4, 0.5) is 0 Å². The van der Waals surface area contributed by atoms with Crippen molar-refractivity contribution in [3.05, 3.63) is 11.5 Å². The van der Waals surface area contributed by atoms with Gasteiger partial charge in [-0.05, 0) is 44.9 Å². The van der Waals surface area contributed by atoms with Crippen LogP contribution in [-0.4, -0.2) is 49.1 Å². The number of piperidine rings is 1. The first kappa shape index (κ1) is 16.1. The van der Waals surface area contributed by atoms with E-state index < -0.39 is 0 Å². The molecule has 1 aliphatic carbocycles. The Morgan fingerprint density at radius 2 is 2.00 bits per heavy atom. The van der Waals surface area contributed by atoms with Gasteiger partial charge in [-0.1, -0.05) is 0 Å². The van der Waals surface area contributed by atoms with Gasteiger partial charge in [0, 0.05) is 25.6 Å². The molecule has 1 N–H and O–H groups in total. The van der Waals surface area contributed by atoms with Crippen molar-refractivity contribution in [3.63, 3.8) is 0 Å². The zero-order valence-electron chi connectivity index (χ0n) is 13.8. The highest BCUT2D eigenvalue weighted by atomic mass is 16.6. The third kappa shape index (κ3) is 4.39. The maximum atomic E-state index is 12.6. The number of nitrogens with zero attached hydrogens (tertiary/aromatic N) is 1. The lowest BCUT2D eigenvalue weighted by Gasteiger charge is -2.34. The van der Waals surface area contributed by atoms with Gasteiger partial charge in [-0.15, -0.1) is 0 Å². The summed E-state index contributed by atoms with van der Waals surface area (Å²) >= 11 is 0. The first-order valence-corrected chi connectivity index (χ1v) is 8.68. The molecular formula is C17H26N2O4. The van der Waals surface area contributed by atoms with Crippen LogP contribution in [0.2, 0.25) is 0 Å². The first-order valence-electron chi connectivity index (χ1n) is 8.68. The fourth-order valence-electron chi connectivity index (χ4n) is 3.21. The molecule has 6 nitrogen and oxygen atoms in total. The third-order valence-corrected chi connectivity index (χ3v) is 4.69. The van der Waals surface area contributed by atoms with Crippen molar-refractivity contribution in [1.29, 1.82) is 0 Å². The fraction of sp³-hybridized carbons (Fsp3) is 0.765. The Morgan fingerprint density at radius 3 is 2.74 bits per heavy atom. The fourth-order valence-corrected chi connectivity index (χ4v) is 3.21. The Morgan fingerprint density at radius 1 is 1.22 bits per heavy atom. The zero-order chi connectivity index (χ0) is 16.2. The number of amides is 2. The lowest BCUT2D eigenvalue weighted by atomic mass is 9.93. The van der Waals surface area contributed by atoms with E-state index in [1.54, 1.807) is 6.92 Å². The predicted molar refractivity (Wildman–Crippen MR) is 84.3 cm³/mol. The predicted octanol–water partition coefficient (Wildman–Crippen LogP) is 1.56. The summed E-state index contributed by atoms with van der Waals surface area (Å²) in [6.45, 7) is 4.16. The van der Waals surface area contributed by atoms with Crippen molar-refractivity contribution in [2.45, 2.75) is 51.5 Å². The van der Waals surface area contributed by atoms with Gasteiger partial charge in [0.25, 0.3) is 5.91 Å². The van der Waals surface area contributed by atoms with Gasteiger partial charge >= 0.3 is 0 Å². The third-order valence-electron chi connectivity index (χ3n) is 4.69. The van der Waals surface area contributed by atoms with Crippen LogP contribution in [0.25, 0.3) is 0 Å². The molecule has 0 unspecified atom stereocenters. The Bertz CT molecular complexity index is 499. The summed E-state index contributed by atoms with van der Waals surface area (Å²) in [4.78, 5) is 26.2. The van der Waals surface area contributed by atoms with Crippen molar-refractivity contribution < 1.29 is 19.1 Å². The number of hydrogen-bond donors (Lipinski definition) is 1. The molecule has 2 aliphatic heterocycles. The second-order valence-electron chi connectivity index (χ2n) is 6.72. The van der Waals surface area contributed by atoms with E-state index >= 15 is 0 Å². The monoisotopic (exact) mass is 322 g/mol. The smallest absolute Gasteiger partial charge is 0.292 e. The van der Waals surface area contributed by atoms with E-state index in [1.165, 1.54) is 0 Å². The largest absolute Gasteiger partial charge is 0.491 e. The van der Waals surface area contributed by atoms with Crippen LogP contribution < -0.4 is 5.32 Å². The number of likely N-dealkylation sites (tertiary alicyclic amines) is 1. The van der Waals surface area contributed by atoms with Crippen LogP contribution >= 0.6 is 0 Å².